The van der Waals surface area contributed by atoms with Gasteiger partial charge in [0.25, 0.3) is 5.69 Å². The van der Waals surface area contributed by atoms with Gasteiger partial charge in [-0.25, -0.2) is 8.42 Å². The molecule has 1 aromatic rings. The molecule has 0 bridgehead atoms. The van der Waals surface area contributed by atoms with Crippen LogP contribution < -0.4 is 4.72 Å². The number of carbonyl (C=O) groups is 1. The predicted molar refractivity (Wildman–Crippen MR) is 65.5 cm³/mol. The number of aliphatic carboxylic acids is 1. The Morgan fingerprint density at radius 1 is 1.41 bits per heavy atom. The molecule has 0 saturated heterocycles. The maximum Gasteiger partial charge on any atom is 0.417 e. The van der Waals surface area contributed by atoms with E-state index >= 15 is 0 Å². The third-order valence-corrected chi connectivity index (χ3v) is 4.07. The molecule has 1 atom stereocenters. The van der Waals surface area contributed by atoms with E-state index in [2.05, 4.69) is 0 Å². The number of halogens is 3. The second kappa shape index (κ2) is 5.88. The maximum absolute atomic E-state index is 12.9. The van der Waals surface area contributed by atoms with Gasteiger partial charge in [-0.1, -0.05) is 0 Å². The topological polar surface area (TPSA) is 127 Å². The molecule has 12 heteroatoms. The number of hydrogen-bond donors (Lipinski definition) is 2. The molecule has 0 aromatic heterocycles. The molecule has 0 spiro atoms. The number of nitrogens with one attached hydrogen (secondary N) is 1. The van der Waals surface area contributed by atoms with Crippen molar-refractivity contribution in [1.29, 1.82) is 0 Å². The van der Waals surface area contributed by atoms with Crippen LogP contribution >= 0.6 is 0 Å². The Morgan fingerprint density at radius 3 is 2.36 bits per heavy atom. The molecule has 122 valence electrons. The monoisotopic (exact) mass is 342 g/mol. The van der Waals surface area contributed by atoms with Crippen LogP contribution in [0.4, 0.5) is 18.9 Å². The summed E-state index contributed by atoms with van der Waals surface area (Å²) < 4.78 is 63.9. The maximum atomic E-state index is 12.9. The van der Waals surface area contributed by atoms with Crippen LogP contribution in [-0.2, 0) is 21.0 Å². The Balaban J connectivity index is 3.46. The molecule has 0 amide bonds. The summed E-state index contributed by atoms with van der Waals surface area (Å²) in [4.78, 5) is 18.7. The number of rotatable bonds is 5. The number of carboxylic acids is 1. The van der Waals surface area contributed by atoms with Gasteiger partial charge in [0.1, 0.15) is 6.04 Å². The van der Waals surface area contributed by atoms with Crippen molar-refractivity contribution in [2.24, 2.45) is 0 Å². The smallest absolute Gasteiger partial charge is 0.417 e. The van der Waals surface area contributed by atoms with E-state index in [9.17, 15) is 36.5 Å². The third kappa shape index (κ3) is 3.92. The largest absolute Gasteiger partial charge is 0.480 e. The van der Waals surface area contributed by atoms with Crippen LogP contribution in [0.3, 0.4) is 0 Å². The highest BCUT2D eigenvalue weighted by atomic mass is 32.2. The Morgan fingerprint density at radius 2 is 1.95 bits per heavy atom. The van der Waals surface area contributed by atoms with Crippen molar-refractivity contribution in [3.05, 3.63) is 33.9 Å². The molecule has 22 heavy (non-hydrogen) atoms. The van der Waals surface area contributed by atoms with E-state index in [1.165, 1.54) is 4.72 Å². The molecule has 1 rings (SSSR count). The van der Waals surface area contributed by atoms with Gasteiger partial charge in [0, 0.05) is 12.1 Å². The molecule has 1 aromatic carbocycles. The van der Waals surface area contributed by atoms with Crippen LogP contribution in [0.5, 0.6) is 0 Å². The lowest BCUT2D eigenvalue weighted by Gasteiger charge is -2.15. The first-order valence-corrected chi connectivity index (χ1v) is 6.95. The standard InChI is InChI=1S/C10H9F3N2O6S/c1-5(9(16)17)14-22(20,21)8-3-2-6(15(18)19)4-7(8)10(11,12)13/h2-5,14H,1H3,(H,16,17). The highest BCUT2D eigenvalue weighted by Gasteiger charge is 2.39. The van der Waals surface area contributed by atoms with Crippen molar-refractivity contribution >= 4 is 21.7 Å². The fourth-order valence-electron chi connectivity index (χ4n) is 1.43. The molecule has 0 aliphatic heterocycles. The fraction of sp³-hybridized carbons (Fsp3) is 0.300. The average molecular weight is 342 g/mol. The first-order chi connectivity index (χ1) is 9.86. The summed E-state index contributed by atoms with van der Waals surface area (Å²) in [6.07, 6.45) is -5.18. The first-order valence-electron chi connectivity index (χ1n) is 5.47. The molecule has 0 saturated carbocycles. The molecule has 0 heterocycles. The van der Waals surface area contributed by atoms with Crippen molar-refractivity contribution in [1.82, 2.24) is 4.72 Å². The van der Waals surface area contributed by atoms with Crippen LogP contribution in [0.1, 0.15) is 12.5 Å². The van der Waals surface area contributed by atoms with E-state index in [1.54, 1.807) is 0 Å². The molecular weight excluding hydrogens is 333 g/mol. The molecule has 8 nitrogen and oxygen atoms in total. The van der Waals surface area contributed by atoms with Crippen LogP contribution in [-0.4, -0.2) is 30.5 Å². The summed E-state index contributed by atoms with van der Waals surface area (Å²) in [5.41, 5.74) is -2.70. The zero-order valence-corrected chi connectivity index (χ0v) is 11.6. The number of nitro benzene ring substituents is 1. The highest BCUT2D eigenvalue weighted by Crippen LogP contribution is 2.36. The van der Waals surface area contributed by atoms with Gasteiger partial charge in [-0.2, -0.15) is 17.9 Å². The zero-order chi connectivity index (χ0) is 17.3. The third-order valence-electron chi connectivity index (χ3n) is 2.47. The van der Waals surface area contributed by atoms with E-state index in [0.717, 1.165) is 6.92 Å². The van der Waals surface area contributed by atoms with Gasteiger partial charge >= 0.3 is 12.1 Å². The number of alkyl halides is 3. The summed E-state index contributed by atoms with van der Waals surface area (Å²) in [5.74, 6) is -1.60. The minimum Gasteiger partial charge on any atom is -0.480 e. The predicted octanol–water partition coefficient (Wildman–Crippen LogP) is 1.37. The lowest BCUT2D eigenvalue weighted by molar-refractivity contribution is -0.385. The van der Waals surface area contributed by atoms with Crippen molar-refractivity contribution in [3.8, 4) is 0 Å². The Labute approximate surface area is 121 Å². The molecule has 0 aliphatic carbocycles. The fourth-order valence-corrected chi connectivity index (χ4v) is 2.84. The molecule has 2 N–H and O–H groups in total. The van der Waals surface area contributed by atoms with E-state index in [4.69, 9.17) is 5.11 Å². The van der Waals surface area contributed by atoms with Crippen LogP contribution in [0.15, 0.2) is 23.1 Å². The van der Waals surface area contributed by atoms with E-state index in [0.29, 0.717) is 12.1 Å². The number of nitrogens with zero attached hydrogens (tertiary/aromatic N) is 1. The van der Waals surface area contributed by atoms with E-state index in [-0.39, 0.29) is 6.07 Å². The number of nitro groups is 1. The van der Waals surface area contributed by atoms with Crippen LogP contribution in [0, 0.1) is 10.1 Å². The van der Waals surface area contributed by atoms with Gasteiger partial charge < -0.3 is 5.11 Å². The quantitative estimate of drug-likeness (QED) is 0.614. The lowest BCUT2D eigenvalue weighted by atomic mass is 10.2. The van der Waals surface area contributed by atoms with Gasteiger partial charge in [-0.15, -0.1) is 0 Å². The van der Waals surface area contributed by atoms with Gasteiger partial charge in [0.15, 0.2) is 0 Å². The number of sulfonamides is 1. The molecule has 1 unspecified atom stereocenters. The summed E-state index contributed by atoms with van der Waals surface area (Å²) in [6, 6.07) is -0.631. The Bertz CT molecular complexity index is 716. The number of benzene rings is 1. The average Bonchev–Trinajstić information content (AvgIpc) is 2.36. The van der Waals surface area contributed by atoms with Gasteiger partial charge in [-0.3, -0.25) is 14.9 Å². The SMILES string of the molecule is CC(NS(=O)(=O)c1ccc([N+](=O)[O-])cc1C(F)(F)F)C(=O)O. The molecular formula is C10H9F3N2O6S. The van der Waals surface area contributed by atoms with Crippen molar-refractivity contribution < 1.29 is 36.4 Å². The summed E-state index contributed by atoms with van der Waals surface area (Å²) in [5, 5.41) is 19.1. The zero-order valence-electron chi connectivity index (χ0n) is 10.8. The second-order valence-corrected chi connectivity index (χ2v) is 5.80. The van der Waals surface area contributed by atoms with E-state index in [1.807, 2.05) is 0 Å². The Kier molecular flexibility index (Phi) is 4.77. The van der Waals surface area contributed by atoms with Crippen molar-refractivity contribution in [2.75, 3.05) is 0 Å². The highest BCUT2D eigenvalue weighted by molar-refractivity contribution is 7.89. The van der Waals surface area contributed by atoms with Gasteiger partial charge in [0.2, 0.25) is 10.0 Å². The number of hydrogen-bond acceptors (Lipinski definition) is 5. The summed E-state index contributed by atoms with van der Waals surface area (Å²) in [7, 11) is -4.83. The molecule has 0 radical (unpaired) electrons. The van der Waals surface area contributed by atoms with Gasteiger partial charge in [0.05, 0.1) is 15.4 Å². The molecule has 0 aliphatic rings. The second-order valence-electron chi connectivity index (χ2n) is 4.12. The summed E-state index contributed by atoms with van der Waals surface area (Å²) in [6.45, 7) is 0.915. The first kappa shape index (κ1) is 17.8. The minimum atomic E-state index is -5.18. The van der Waals surface area contributed by atoms with Crippen LogP contribution in [0.2, 0.25) is 0 Å². The van der Waals surface area contributed by atoms with Crippen LogP contribution in [0.25, 0.3) is 0 Å². The van der Waals surface area contributed by atoms with Crippen molar-refractivity contribution in [2.45, 2.75) is 24.0 Å². The number of carboxylic acid groups (broad SMARTS) is 1. The normalized spacial score (nSPS) is 13.6. The lowest BCUT2D eigenvalue weighted by Crippen LogP contribution is -2.39. The van der Waals surface area contributed by atoms with Crippen molar-refractivity contribution in [3.63, 3.8) is 0 Å². The Hall–Kier alpha value is -2.21. The van der Waals surface area contributed by atoms with E-state index < -0.39 is 49.3 Å². The van der Waals surface area contributed by atoms with Gasteiger partial charge in [-0.05, 0) is 13.0 Å². The minimum absolute atomic E-state index is 0.0694. The molecule has 0 fully saturated rings. The summed E-state index contributed by atoms with van der Waals surface area (Å²) >= 11 is 0. The number of non-ortho nitro benzene ring substituents is 1.